The minimum absolute atomic E-state index is 0.228. The monoisotopic (exact) mass is 531 g/mol. The van der Waals surface area contributed by atoms with Crippen molar-refractivity contribution in [2.75, 3.05) is 18.4 Å². The molecule has 1 amide bonds. The molecule has 4 rings (SSSR count). The third kappa shape index (κ3) is 6.64. The molecule has 1 aliphatic rings. The molecule has 0 spiro atoms. The molecular formula is C26H30ClN3O3S2. The molecule has 2 heterocycles. The van der Waals surface area contributed by atoms with Crippen LogP contribution in [0.3, 0.4) is 0 Å². The van der Waals surface area contributed by atoms with E-state index < -0.39 is 10.0 Å². The van der Waals surface area contributed by atoms with Gasteiger partial charge in [0.2, 0.25) is 0 Å². The van der Waals surface area contributed by atoms with Gasteiger partial charge in [-0.15, -0.1) is 11.3 Å². The summed E-state index contributed by atoms with van der Waals surface area (Å²) in [4.78, 5) is 13.1. The molecule has 1 fully saturated rings. The Labute approximate surface area is 216 Å². The second kappa shape index (κ2) is 11.6. The number of halogens is 1. The number of amides is 1. The van der Waals surface area contributed by atoms with Gasteiger partial charge in [0.25, 0.3) is 15.9 Å². The second-order valence-electron chi connectivity index (χ2n) is 8.68. The third-order valence-electron chi connectivity index (χ3n) is 6.05. The van der Waals surface area contributed by atoms with Crippen molar-refractivity contribution < 1.29 is 13.2 Å². The van der Waals surface area contributed by atoms with Gasteiger partial charge in [-0.25, -0.2) is 8.42 Å². The molecule has 2 aromatic carbocycles. The molecule has 186 valence electrons. The molecule has 1 aromatic heterocycles. The van der Waals surface area contributed by atoms with Crippen molar-refractivity contribution in [3.05, 3.63) is 81.7 Å². The van der Waals surface area contributed by atoms with Crippen LogP contribution < -0.4 is 10.6 Å². The van der Waals surface area contributed by atoms with Gasteiger partial charge in [0.15, 0.2) is 0 Å². The molecule has 35 heavy (non-hydrogen) atoms. The Bertz CT molecular complexity index is 1250. The number of carbonyl (C=O) groups excluding carboxylic acids is 1. The number of aryl methyl sites for hydroxylation is 1. The Kier molecular flexibility index (Phi) is 8.49. The van der Waals surface area contributed by atoms with E-state index in [0.29, 0.717) is 27.9 Å². The maximum Gasteiger partial charge on any atom is 0.252 e. The molecule has 0 saturated carbocycles. The number of anilines is 1. The maximum absolute atomic E-state index is 13.2. The molecule has 0 unspecified atom stereocenters. The molecule has 2 N–H and O–H groups in total. The number of carbonyl (C=O) groups is 1. The van der Waals surface area contributed by atoms with Crippen LogP contribution >= 0.6 is 22.9 Å². The van der Waals surface area contributed by atoms with Gasteiger partial charge in [-0.05, 0) is 73.4 Å². The number of rotatable bonds is 9. The van der Waals surface area contributed by atoms with Crippen LogP contribution in [-0.2, 0) is 23.0 Å². The fourth-order valence-corrected chi connectivity index (χ4v) is 7.22. The van der Waals surface area contributed by atoms with E-state index in [1.54, 1.807) is 40.7 Å². The van der Waals surface area contributed by atoms with Crippen molar-refractivity contribution in [2.24, 2.45) is 0 Å². The smallest absolute Gasteiger partial charge is 0.252 e. The first-order chi connectivity index (χ1) is 16.8. The molecule has 1 aliphatic heterocycles. The number of hydrogen-bond donors (Lipinski definition) is 2. The van der Waals surface area contributed by atoms with Crippen LogP contribution in [0, 0.1) is 0 Å². The van der Waals surface area contributed by atoms with E-state index >= 15 is 0 Å². The number of benzene rings is 2. The van der Waals surface area contributed by atoms with Crippen molar-refractivity contribution in [1.82, 2.24) is 9.62 Å². The zero-order chi connectivity index (χ0) is 24.8. The van der Waals surface area contributed by atoms with Gasteiger partial charge in [0.05, 0.1) is 6.54 Å². The first-order valence-corrected chi connectivity index (χ1v) is 14.5. The molecule has 0 bridgehead atoms. The van der Waals surface area contributed by atoms with E-state index in [-0.39, 0.29) is 18.5 Å². The number of thiophene rings is 1. The van der Waals surface area contributed by atoms with E-state index in [1.807, 2.05) is 0 Å². The van der Waals surface area contributed by atoms with E-state index in [2.05, 4.69) is 41.8 Å². The van der Waals surface area contributed by atoms with Crippen LogP contribution in [0.2, 0.25) is 5.02 Å². The van der Waals surface area contributed by atoms with Crippen LogP contribution in [0.5, 0.6) is 0 Å². The summed E-state index contributed by atoms with van der Waals surface area (Å²) >= 11 is 7.07. The topological polar surface area (TPSA) is 78.5 Å². The Morgan fingerprint density at radius 3 is 2.54 bits per heavy atom. The second-order valence-corrected chi connectivity index (χ2v) is 12.5. The van der Waals surface area contributed by atoms with Crippen molar-refractivity contribution in [3.63, 3.8) is 0 Å². The molecule has 3 aromatic rings. The molecule has 0 atom stereocenters. The van der Waals surface area contributed by atoms with Gasteiger partial charge >= 0.3 is 0 Å². The van der Waals surface area contributed by atoms with E-state index in [1.165, 1.54) is 16.9 Å². The summed E-state index contributed by atoms with van der Waals surface area (Å²) in [6.45, 7) is 3.40. The van der Waals surface area contributed by atoms with E-state index in [0.717, 1.165) is 36.2 Å². The lowest BCUT2D eigenvalue weighted by Crippen LogP contribution is -2.42. The standard InChI is InChI=1S/C26H30ClN3O3S2/c1-2-4-19-5-3-6-23(17-19)29-22-13-15-30(16-14-22)35(32,33)25-12-11-24(34-25)18-28-26(31)20-7-9-21(27)10-8-20/h3,5-12,17,22,29H,2,4,13-16,18H2,1H3,(H,28,31). The normalized spacial score (nSPS) is 15.1. The van der Waals surface area contributed by atoms with Crippen LogP contribution in [0.4, 0.5) is 5.69 Å². The van der Waals surface area contributed by atoms with Crippen molar-refractivity contribution >= 4 is 44.6 Å². The Hall–Kier alpha value is -2.39. The maximum atomic E-state index is 13.2. The highest BCUT2D eigenvalue weighted by Crippen LogP contribution is 2.28. The van der Waals surface area contributed by atoms with Gasteiger partial charge < -0.3 is 10.6 Å². The first kappa shape index (κ1) is 25.7. The fourth-order valence-electron chi connectivity index (χ4n) is 4.17. The largest absolute Gasteiger partial charge is 0.382 e. The molecule has 1 saturated heterocycles. The van der Waals surface area contributed by atoms with Gasteiger partial charge in [-0.3, -0.25) is 4.79 Å². The highest BCUT2D eigenvalue weighted by atomic mass is 35.5. The number of nitrogens with zero attached hydrogens (tertiary/aromatic N) is 1. The zero-order valence-electron chi connectivity index (χ0n) is 19.7. The lowest BCUT2D eigenvalue weighted by molar-refractivity contribution is 0.0951. The SMILES string of the molecule is CCCc1cccc(NC2CCN(S(=O)(=O)c3ccc(CNC(=O)c4ccc(Cl)cc4)s3)CC2)c1. The number of piperidine rings is 1. The zero-order valence-corrected chi connectivity index (χ0v) is 22.1. The van der Waals surface area contributed by atoms with E-state index in [9.17, 15) is 13.2 Å². The van der Waals surface area contributed by atoms with Gasteiger partial charge in [-0.2, -0.15) is 4.31 Å². The van der Waals surface area contributed by atoms with Crippen molar-refractivity contribution in [3.8, 4) is 0 Å². The quantitative estimate of drug-likeness (QED) is 0.379. The first-order valence-electron chi connectivity index (χ1n) is 11.8. The molecule has 9 heteroatoms. The van der Waals surface area contributed by atoms with E-state index in [4.69, 9.17) is 11.6 Å². The van der Waals surface area contributed by atoms with Crippen molar-refractivity contribution in [1.29, 1.82) is 0 Å². The highest BCUT2D eigenvalue weighted by Gasteiger charge is 2.30. The van der Waals surface area contributed by atoms with Gasteiger partial charge in [0, 0.05) is 40.3 Å². The summed E-state index contributed by atoms with van der Waals surface area (Å²) < 4.78 is 28.3. The van der Waals surface area contributed by atoms with Gasteiger partial charge in [0.1, 0.15) is 4.21 Å². The molecule has 0 radical (unpaired) electrons. The fraction of sp³-hybridized carbons (Fsp3) is 0.346. The average Bonchev–Trinajstić information content (AvgIpc) is 3.34. The third-order valence-corrected chi connectivity index (χ3v) is 9.75. The summed E-state index contributed by atoms with van der Waals surface area (Å²) in [5, 5.41) is 6.97. The number of hydrogen-bond acceptors (Lipinski definition) is 5. The highest BCUT2D eigenvalue weighted by molar-refractivity contribution is 7.91. The Balaban J connectivity index is 1.30. The summed E-state index contributed by atoms with van der Waals surface area (Å²) in [6, 6.07) is 18.7. The number of sulfonamides is 1. The van der Waals surface area contributed by atoms with Crippen LogP contribution in [-0.4, -0.2) is 37.8 Å². The predicted octanol–water partition coefficient (Wildman–Crippen LogP) is 5.55. The minimum Gasteiger partial charge on any atom is -0.382 e. The minimum atomic E-state index is -3.55. The summed E-state index contributed by atoms with van der Waals surface area (Å²) in [5.41, 5.74) is 2.92. The average molecular weight is 532 g/mol. The molecule has 6 nitrogen and oxygen atoms in total. The Morgan fingerprint density at radius 2 is 1.83 bits per heavy atom. The Morgan fingerprint density at radius 1 is 1.09 bits per heavy atom. The lowest BCUT2D eigenvalue weighted by atomic mass is 10.1. The summed E-state index contributed by atoms with van der Waals surface area (Å²) in [7, 11) is -3.55. The van der Waals surface area contributed by atoms with Crippen LogP contribution in [0.1, 0.15) is 47.0 Å². The predicted molar refractivity (Wildman–Crippen MR) is 143 cm³/mol. The van der Waals surface area contributed by atoms with Crippen molar-refractivity contribution in [2.45, 2.75) is 49.4 Å². The summed E-state index contributed by atoms with van der Waals surface area (Å²) in [5.74, 6) is -0.228. The lowest BCUT2D eigenvalue weighted by Gasteiger charge is -2.31. The molecular weight excluding hydrogens is 502 g/mol. The van der Waals surface area contributed by atoms with Crippen LogP contribution in [0.25, 0.3) is 0 Å². The number of nitrogens with one attached hydrogen (secondary N) is 2. The summed E-state index contributed by atoms with van der Waals surface area (Å²) in [6.07, 6.45) is 3.68. The molecule has 0 aliphatic carbocycles. The van der Waals surface area contributed by atoms with Gasteiger partial charge in [-0.1, -0.05) is 37.1 Å². The van der Waals surface area contributed by atoms with Crippen LogP contribution in [0.15, 0.2) is 64.9 Å².